The maximum Gasteiger partial charge on any atom is 0.153 e. The van der Waals surface area contributed by atoms with E-state index in [1.807, 2.05) is 32.2 Å². The Morgan fingerprint density at radius 2 is 2.19 bits per heavy atom. The van der Waals surface area contributed by atoms with Crippen molar-refractivity contribution in [1.29, 1.82) is 0 Å². The molecule has 0 unspecified atom stereocenters. The molecule has 0 aromatic carbocycles. The minimum atomic E-state index is 0.0305. The molecule has 0 saturated heterocycles. The zero-order valence-electron chi connectivity index (χ0n) is 9.51. The lowest BCUT2D eigenvalue weighted by molar-refractivity contribution is 0.281. The van der Waals surface area contributed by atoms with Crippen molar-refractivity contribution in [3.05, 3.63) is 41.3 Å². The second-order valence-electron chi connectivity index (χ2n) is 3.80. The molecule has 84 valence electrons. The normalized spacial score (nSPS) is 10.7. The molecule has 4 heteroatoms. The number of hydrogen-bond acceptors (Lipinski definition) is 3. The molecule has 4 nitrogen and oxygen atoms in total. The van der Waals surface area contributed by atoms with Crippen molar-refractivity contribution in [1.82, 2.24) is 14.8 Å². The van der Waals surface area contributed by atoms with E-state index in [4.69, 9.17) is 0 Å². The van der Waals surface area contributed by atoms with E-state index < -0.39 is 0 Å². The number of aryl methyl sites for hydroxylation is 2. The van der Waals surface area contributed by atoms with Gasteiger partial charge < -0.3 is 5.11 Å². The Bertz CT molecular complexity index is 469. The van der Waals surface area contributed by atoms with Crippen LogP contribution in [0.2, 0.25) is 0 Å². The molecule has 0 aliphatic carbocycles. The Morgan fingerprint density at radius 1 is 1.38 bits per heavy atom. The predicted octanol–water partition coefficient (Wildman–Crippen LogP) is 1.63. The standard InChI is InChI=1S/C12H15N3O/c1-3-11-4-10(8-16)5-12(14-11)15-7-9(2)6-13-15/h4-7,16H,3,8H2,1-2H3. The number of rotatable bonds is 3. The second kappa shape index (κ2) is 4.45. The van der Waals surface area contributed by atoms with E-state index >= 15 is 0 Å². The molecule has 0 atom stereocenters. The van der Waals surface area contributed by atoms with Crippen LogP contribution >= 0.6 is 0 Å². The van der Waals surface area contributed by atoms with Crippen molar-refractivity contribution in [2.45, 2.75) is 26.9 Å². The molecule has 0 aliphatic rings. The topological polar surface area (TPSA) is 50.9 Å². The summed E-state index contributed by atoms with van der Waals surface area (Å²) in [5.74, 6) is 0.761. The van der Waals surface area contributed by atoms with Crippen molar-refractivity contribution in [3.63, 3.8) is 0 Å². The van der Waals surface area contributed by atoms with Crippen LogP contribution in [0.5, 0.6) is 0 Å². The van der Waals surface area contributed by atoms with Gasteiger partial charge in [-0.1, -0.05) is 6.92 Å². The highest BCUT2D eigenvalue weighted by molar-refractivity contribution is 5.30. The second-order valence-corrected chi connectivity index (χ2v) is 3.80. The van der Waals surface area contributed by atoms with Crippen LogP contribution in [0.25, 0.3) is 5.82 Å². The summed E-state index contributed by atoms with van der Waals surface area (Å²) in [6, 6.07) is 3.77. The van der Waals surface area contributed by atoms with Crippen LogP contribution < -0.4 is 0 Å². The van der Waals surface area contributed by atoms with Crippen molar-refractivity contribution in [3.8, 4) is 5.82 Å². The Kier molecular flexibility index (Phi) is 3.01. The molecule has 0 amide bonds. The van der Waals surface area contributed by atoms with Crippen LogP contribution in [0.4, 0.5) is 0 Å². The number of aliphatic hydroxyl groups is 1. The molecular formula is C12H15N3O. The molecule has 0 fully saturated rings. The van der Waals surface area contributed by atoms with Crippen LogP contribution in [0, 0.1) is 6.92 Å². The third-order valence-electron chi connectivity index (χ3n) is 2.42. The lowest BCUT2D eigenvalue weighted by Gasteiger charge is -2.06. The first kappa shape index (κ1) is 10.8. The van der Waals surface area contributed by atoms with Gasteiger partial charge >= 0.3 is 0 Å². The number of aromatic nitrogens is 3. The fraction of sp³-hybridized carbons (Fsp3) is 0.333. The van der Waals surface area contributed by atoms with Crippen molar-refractivity contribution in [2.75, 3.05) is 0 Å². The first-order chi connectivity index (χ1) is 7.72. The van der Waals surface area contributed by atoms with Gasteiger partial charge in [0.2, 0.25) is 0 Å². The summed E-state index contributed by atoms with van der Waals surface area (Å²) in [7, 11) is 0. The van der Waals surface area contributed by atoms with Crippen molar-refractivity contribution in [2.24, 2.45) is 0 Å². The highest BCUT2D eigenvalue weighted by Crippen LogP contribution is 2.11. The van der Waals surface area contributed by atoms with E-state index in [-0.39, 0.29) is 6.61 Å². The SMILES string of the molecule is CCc1cc(CO)cc(-n2cc(C)cn2)n1. The summed E-state index contributed by atoms with van der Waals surface area (Å²) >= 11 is 0. The summed E-state index contributed by atoms with van der Waals surface area (Å²) < 4.78 is 1.73. The van der Waals surface area contributed by atoms with Gasteiger partial charge in [0.25, 0.3) is 0 Å². The maximum atomic E-state index is 9.18. The van der Waals surface area contributed by atoms with Gasteiger partial charge in [0, 0.05) is 11.9 Å². The maximum absolute atomic E-state index is 9.18. The van der Waals surface area contributed by atoms with Crippen LogP contribution in [0.1, 0.15) is 23.7 Å². The number of nitrogens with zero attached hydrogens (tertiary/aromatic N) is 3. The van der Waals surface area contributed by atoms with E-state index in [9.17, 15) is 5.11 Å². The van der Waals surface area contributed by atoms with E-state index in [2.05, 4.69) is 10.1 Å². The molecule has 1 N–H and O–H groups in total. The van der Waals surface area contributed by atoms with Crippen LogP contribution in [0.15, 0.2) is 24.5 Å². The fourth-order valence-electron chi connectivity index (χ4n) is 1.56. The van der Waals surface area contributed by atoms with Gasteiger partial charge in [-0.05, 0) is 36.6 Å². The van der Waals surface area contributed by atoms with Crippen LogP contribution in [0.3, 0.4) is 0 Å². The van der Waals surface area contributed by atoms with Crippen LogP contribution in [-0.2, 0) is 13.0 Å². The van der Waals surface area contributed by atoms with Crippen molar-refractivity contribution < 1.29 is 5.11 Å². The Balaban J connectivity index is 2.47. The third-order valence-corrected chi connectivity index (χ3v) is 2.42. The minimum Gasteiger partial charge on any atom is -0.392 e. The summed E-state index contributed by atoms with van der Waals surface area (Å²) in [5, 5.41) is 13.4. The molecule has 2 heterocycles. The Hall–Kier alpha value is -1.68. The largest absolute Gasteiger partial charge is 0.392 e. The van der Waals surface area contributed by atoms with Crippen LogP contribution in [-0.4, -0.2) is 19.9 Å². The first-order valence-corrected chi connectivity index (χ1v) is 5.35. The monoisotopic (exact) mass is 217 g/mol. The molecule has 0 radical (unpaired) electrons. The Labute approximate surface area is 94.6 Å². The zero-order valence-corrected chi connectivity index (χ0v) is 9.51. The smallest absolute Gasteiger partial charge is 0.153 e. The number of hydrogen-bond donors (Lipinski definition) is 1. The number of aliphatic hydroxyl groups excluding tert-OH is 1. The molecular weight excluding hydrogens is 202 g/mol. The molecule has 16 heavy (non-hydrogen) atoms. The van der Waals surface area contributed by atoms with Gasteiger partial charge in [-0.3, -0.25) is 0 Å². The van der Waals surface area contributed by atoms with Gasteiger partial charge in [0.15, 0.2) is 5.82 Å². The summed E-state index contributed by atoms with van der Waals surface area (Å²) in [6.07, 6.45) is 4.56. The zero-order chi connectivity index (χ0) is 11.5. The Morgan fingerprint density at radius 3 is 2.75 bits per heavy atom. The van der Waals surface area contributed by atoms with Gasteiger partial charge in [0.05, 0.1) is 12.8 Å². The highest BCUT2D eigenvalue weighted by atomic mass is 16.3. The summed E-state index contributed by atoms with van der Waals surface area (Å²) in [6.45, 7) is 4.06. The van der Waals surface area contributed by atoms with E-state index in [0.717, 1.165) is 29.1 Å². The molecule has 0 spiro atoms. The van der Waals surface area contributed by atoms with E-state index in [1.54, 1.807) is 10.9 Å². The molecule has 0 aliphatic heterocycles. The lowest BCUT2D eigenvalue weighted by Crippen LogP contribution is -2.02. The number of pyridine rings is 1. The third kappa shape index (κ3) is 2.12. The molecule has 0 saturated carbocycles. The molecule has 2 rings (SSSR count). The van der Waals surface area contributed by atoms with E-state index in [0.29, 0.717) is 0 Å². The van der Waals surface area contributed by atoms with Crippen molar-refractivity contribution >= 4 is 0 Å². The first-order valence-electron chi connectivity index (χ1n) is 5.35. The highest BCUT2D eigenvalue weighted by Gasteiger charge is 2.04. The predicted molar refractivity (Wildman–Crippen MR) is 61.4 cm³/mol. The molecule has 2 aromatic heterocycles. The molecule has 2 aromatic rings. The fourth-order valence-corrected chi connectivity index (χ4v) is 1.56. The summed E-state index contributed by atoms with van der Waals surface area (Å²) in [5.41, 5.74) is 2.93. The van der Waals surface area contributed by atoms with E-state index in [1.165, 1.54) is 0 Å². The molecule has 0 bridgehead atoms. The average Bonchev–Trinajstić information content (AvgIpc) is 2.75. The lowest BCUT2D eigenvalue weighted by atomic mass is 10.2. The summed E-state index contributed by atoms with van der Waals surface area (Å²) in [4.78, 5) is 4.47. The quantitative estimate of drug-likeness (QED) is 0.850. The van der Waals surface area contributed by atoms with Gasteiger partial charge in [-0.25, -0.2) is 9.67 Å². The van der Waals surface area contributed by atoms with Gasteiger partial charge in [-0.2, -0.15) is 5.10 Å². The van der Waals surface area contributed by atoms with Gasteiger partial charge in [0.1, 0.15) is 0 Å². The minimum absolute atomic E-state index is 0.0305. The average molecular weight is 217 g/mol. The van der Waals surface area contributed by atoms with Gasteiger partial charge in [-0.15, -0.1) is 0 Å².